The summed E-state index contributed by atoms with van der Waals surface area (Å²) in [6.45, 7) is 2.94. The SMILES string of the molecule is Cc1ccc(F)c(C(=O)N2CC(CN)C2)c1F. The lowest BCUT2D eigenvalue weighted by molar-refractivity contribution is 0.0505. The highest BCUT2D eigenvalue weighted by atomic mass is 19.1. The number of amides is 1. The van der Waals surface area contributed by atoms with Gasteiger partial charge >= 0.3 is 0 Å². The lowest BCUT2D eigenvalue weighted by Gasteiger charge is -2.38. The van der Waals surface area contributed by atoms with Crippen LogP contribution in [0.2, 0.25) is 0 Å². The van der Waals surface area contributed by atoms with Crippen molar-refractivity contribution in [2.75, 3.05) is 19.6 Å². The smallest absolute Gasteiger partial charge is 0.259 e. The first-order valence-electron chi connectivity index (χ1n) is 5.48. The summed E-state index contributed by atoms with van der Waals surface area (Å²) in [5, 5.41) is 0. The van der Waals surface area contributed by atoms with Crippen LogP contribution in [0.1, 0.15) is 15.9 Å². The molecule has 92 valence electrons. The van der Waals surface area contributed by atoms with E-state index < -0.39 is 23.1 Å². The van der Waals surface area contributed by atoms with Crippen molar-refractivity contribution >= 4 is 5.91 Å². The Kier molecular flexibility index (Phi) is 3.11. The molecule has 0 unspecified atom stereocenters. The number of likely N-dealkylation sites (tertiary alicyclic amines) is 1. The minimum atomic E-state index is -0.811. The molecule has 1 heterocycles. The first-order valence-corrected chi connectivity index (χ1v) is 5.48. The van der Waals surface area contributed by atoms with Crippen LogP contribution in [0.15, 0.2) is 12.1 Å². The normalized spacial score (nSPS) is 15.9. The second-order valence-corrected chi connectivity index (χ2v) is 4.37. The molecule has 0 saturated carbocycles. The Balaban J connectivity index is 2.23. The minimum Gasteiger partial charge on any atom is -0.338 e. The molecule has 0 atom stereocenters. The Morgan fingerprint density at radius 2 is 2.12 bits per heavy atom. The molecule has 2 rings (SSSR count). The van der Waals surface area contributed by atoms with Crippen molar-refractivity contribution < 1.29 is 13.6 Å². The average molecular weight is 240 g/mol. The molecule has 17 heavy (non-hydrogen) atoms. The summed E-state index contributed by atoms with van der Waals surface area (Å²) in [6.07, 6.45) is 0. The minimum absolute atomic E-state index is 0.245. The topological polar surface area (TPSA) is 46.3 Å². The second-order valence-electron chi connectivity index (χ2n) is 4.37. The van der Waals surface area contributed by atoms with E-state index in [1.165, 1.54) is 17.9 Å². The summed E-state index contributed by atoms with van der Waals surface area (Å²) in [5.41, 5.74) is 5.24. The van der Waals surface area contributed by atoms with Gasteiger partial charge in [-0.05, 0) is 25.1 Å². The van der Waals surface area contributed by atoms with E-state index in [2.05, 4.69) is 0 Å². The molecule has 3 nitrogen and oxygen atoms in total. The number of halogens is 2. The van der Waals surface area contributed by atoms with E-state index in [0.717, 1.165) is 6.07 Å². The molecule has 0 spiro atoms. The van der Waals surface area contributed by atoms with E-state index in [1.54, 1.807) is 0 Å². The summed E-state index contributed by atoms with van der Waals surface area (Å²) < 4.78 is 27.2. The van der Waals surface area contributed by atoms with Gasteiger partial charge in [-0.3, -0.25) is 4.79 Å². The Morgan fingerprint density at radius 3 is 2.71 bits per heavy atom. The number of nitrogens with zero attached hydrogens (tertiary/aromatic N) is 1. The number of hydrogen-bond acceptors (Lipinski definition) is 2. The molecular weight excluding hydrogens is 226 g/mol. The van der Waals surface area contributed by atoms with Gasteiger partial charge in [-0.25, -0.2) is 8.78 Å². The fourth-order valence-corrected chi connectivity index (χ4v) is 1.90. The third-order valence-corrected chi connectivity index (χ3v) is 3.08. The van der Waals surface area contributed by atoms with Crippen molar-refractivity contribution in [1.29, 1.82) is 0 Å². The molecular formula is C12H14F2N2O. The number of benzene rings is 1. The van der Waals surface area contributed by atoms with Gasteiger partial charge in [0.1, 0.15) is 17.2 Å². The van der Waals surface area contributed by atoms with Gasteiger partial charge in [0, 0.05) is 19.0 Å². The number of aryl methyl sites for hydroxylation is 1. The average Bonchev–Trinajstić information content (AvgIpc) is 2.23. The summed E-state index contributed by atoms with van der Waals surface area (Å²) in [7, 11) is 0. The molecule has 0 aromatic heterocycles. The van der Waals surface area contributed by atoms with Gasteiger partial charge in [0.2, 0.25) is 0 Å². The van der Waals surface area contributed by atoms with E-state index in [9.17, 15) is 13.6 Å². The van der Waals surface area contributed by atoms with Crippen molar-refractivity contribution in [2.45, 2.75) is 6.92 Å². The maximum Gasteiger partial charge on any atom is 0.259 e. The van der Waals surface area contributed by atoms with Crippen LogP contribution in [0.4, 0.5) is 8.78 Å². The highest BCUT2D eigenvalue weighted by Gasteiger charge is 2.33. The maximum atomic E-state index is 13.7. The first kappa shape index (κ1) is 12.0. The van der Waals surface area contributed by atoms with Gasteiger partial charge in [0.25, 0.3) is 5.91 Å². The first-order chi connectivity index (χ1) is 8.04. The van der Waals surface area contributed by atoms with E-state index in [4.69, 9.17) is 5.73 Å². The summed E-state index contributed by atoms with van der Waals surface area (Å²) in [5.74, 6) is -1.93. The lowest BCUT2D eigenvalue weighted by Crippen LogP contribution is -2.52. The molecule has 1 aliphatic heterocycles. The van der Waals surface area contributed by atoms with Crippen molar-refractivity contribution in [3.63, 3.8) is 0 Å². The van der Waals surface area contributed by atoms with Crippen LogP contribution in [-0.2, 0) is 0 Å². The summed E-state index contributed by atoms with van der Waals surface area (Å²) >= 11 is 0. The van der Waals surface area contributed by atoms with Crippen LogP contribution in [0.25, 0.3) is 0 Å². The fraction of sp³-hybridized carbons (Fsp3) is 0.417. The number of carbonyl (C=O) groups is 1. The van der Waals surface area contributed by atoms with Gasteiger partial charge < -0.3 is 10.6 Å². The van der Waals surface area contributed by atoms with Crippen LogP contribution >= 0.6 is 0 Å². The molecule has 5 heteroatoms. The predicted octanol–water partition coefficient (Wildman–Crippen LogP) is 1.30. The van der Waals surface area contributed by atoms with Crippen molar-refractivity contribution in [3.05, 3.63) is 34.9 Å². The highest BCUT2D eigenvalue weighted by molar-refractivity contribution is 5.95. The zero-order valence-corrected chi connectivity index (χ0v) is 9.54. The monoisotopic (exact) mass is 240 g/mol. The fourth-order valence-electron chi connectivity index (χ4n) is 1.90. The number of hydrogen-bond donors (Lipinski definition) is 1. The third-order valence-electron chi connectivity index (χ3n) is 3.08. The molecule has 1 aliphatic rings. The van der Waals surface area contributed by atoms with Crippen molar-refractivity contribution in [2.24, 2.45) is 11.7 Å². The van der Waals surface area contributed by atoms with Crippen LogP contribution in [0, 0.1) is 24.5 Å². The van der Waals surface area contributed by atoms with Crippen LogP contribution in [0.3, 0.4) is 0 Å². The Hall–Kier alpha value is -1.49. The molecule has 1 saturated heterocycles. The Labute approximate surface area is 98.2 Å². The quantitative estimate of drug-likeness (QED) is 0.847. The van der Waals surface area contributed by atoms with Gasteiger partial charge in [0.15, 0.2) is 0 Å². The molecule has 0 bridgehead atoms. The molecule has 0 aliphatic carbocycles. The number of carbonyl (C=O) groups excluding carboxylic acids is 1. The van der Waals surface area contributed by atoms with Crippen LogP contribution in [0.5, 0.6) is 0 Å². The van der Waals surface area contributed by atoms with Crippen LogP contribution < -0.4 is 5.73 Å². The zero-order valence-electron chi connectivity index (χ0n) is 9.54. The summed E-state index contributed by atoms with van der Waals surface area (Å²) in [6, 6.07) is 2.44. The molecule has 1 fully saturated rings. The standard InChI is InChI=1S/C12H14F2N2O/c1-7-2-3-9(13)10(11(7)14)12(17)16-5-8(4-15)6-16/h2-3,8H,4-6,15H2,1H3. The van der Waals surface area contributed by atoms with E-state index in [1.807, 2.05) is 0 Å². The number of nitrogens with two attached hydrogens (primary N) is 1. The van der Waals surface area contributed by atoms with E-state index in [-0.39, 0.29) is 11.5 Å². The van der Waals surface area contributed by atoms with Crippen LogP contribution in [-0.4, -0.2) is 30.4 Å². The third kappa shape index (κ3) is 2.02. The molecule has 1 amide bonds. The van der Waals surface area contributed by atoms with E-state index in [0.29, 0.717) is 19.6 Å². The van der Waals surface area contributed by atoms with Crippen molar-refractivity contribution in [3.8, 4) is 0 Å². The van der Waals surface area contributed by atoms with Gasteiger partial charge in [-0.15, -0.1) is 0 Å². The van der Waals surface area contributed by atoms with E-state index >= 15 is 0 Å². The predicted molar refractivity (Wildman–Crippen MR) is 59.5 cm³/mol. The van der Waals surface area contributed by atoms with Gasteiger partial charge in [0.05, 0.1) is 0 Å². The lowest BCUT2D eigenvalue weighted by atomic mass is 9.98. The Morgan fingerprint density at radius 1 is 1.47 bits per heavy atom. The Bertz CT molecular complexity index is 456. The largest absolute Gasteiger partial charge is 0.338 e. The number of rotatable bonds is 2. The maximum absolute atomic E-state index is 13.7. The second kappa shape index (κ2) is 4.41. The van der Waals surface area contributed by atoms with Crippen molar-refractivity contribution in [1.82, 2.24) is 4.90 Å². The van der Waals surface area contributed by atoms with Gasteiger partial charge in [-0.2, -0.15) is 0 Å². The molecule has 2 N–H and O–H groups in total. The molecule has 0 radical (unpaired) electrons. The zero-order chi connectivity index (χ0) is 12.6. The van der Waals surface area contributed by atoms with Gasteiger partial charge in [-0.1, -0.05) is 6.07 Å². The molecule has 1 aromatic carbocycles. The highest BCUT2D eigenvalue weighted by Crippen LogP contribution is 2.22. The summed E-state index contributed by atoms with van der Waals surface area (Å²) in [4.78, 5) is 13.3. The molecule has 1 aromatic rings.